The Hall–Kier alpha value is -2.61. The molecule has 0 aliphatic carbocycles. The molecule has 30 heavy (non-hydrogen) atoms. The molecule has 158 valence electrons. The maximum Gasteiger partial charge on any atom is 0.123 e. The Bertz CT molecular complexity index is 946. The summed E-state index contributed by atoms with van der Waals surface area (Å²) in [6.45, 7) is 3.87. The summed E-state index contributed by atoms with van der Waals surface area (Å²) in [5.74, 6) is -0.499. The fraction of sp³-hybridized carbons (Fsp3) is 0.348. The second-order valence-corrected chi connectivity index (χ2v) is 7.72. The van der Waals surface area contributed by atoms with E-state index in [2.05, 4.69) is 14.9 Å². The molecule has 0 saturated carbocycles. The largest absolute Gasteiger partial charge is 0.396 e. The SMILES string of the molecule is OCC[C@H]1CN(Cc2cc(F)ccc2-n2cccn2)CCN1Cc1ccc(F)cc1. The molecule has 0 unspecified atom stereocenters. The lowest BCUT2D eigenvalue weighted by molar-refractivity contribution is 0.0499. The smallest absolute Gasteiger partial charge is 0.123 e. The molecule has 1 aromatic heterocycles. The molecule has 0 radical (unpaired) electrons. The van der Waals surface area contributed by atoms with Gasteiger partial charge in [-0.15, -0.1) is 0 Å². The van der Waals surface area contributed by atoms with Crippen LogP contribution in [0.25, 0.3) is 5.69 Å². The van der Waals surface area contributed by atoms with Crippen LogP contribution in [0, 0.1) is 11.6 Å². The van der Waals surface area contributed by atoms with Crippen LogP contribution >= 0.6 is 0 Å². The highest BCUT2D eigenvalue weighted by molar-refractivity contribution is 5.40. The van der Waals surface area contributed by atoms with Crippen molar-refractivity contribution in [3.8, 4) is 5.69 Å². The maximum atomic E-state index is 14.0. The fourth-order valence-corrected chi connectivity index (χ4v) is 4.11. The van der Waals surface area contributed by atoms with Crippen molar-refractivity contribution < 1.29 is 13.9 Å². The lowest BCUT2D eigenvalue weighted by Crippen LogP contribution is -2.52. The number of nitrogens with zero attached hydrogens (tertiary/aromatic N) is 4. The summed E-state index contributed by atoms with van der Waals surface area (Å²) in [6, 6.07) is 13.4. The Morgan fingerprint density at radius 2 is 1.80 bits per heavy atom. The summed E-state index contributed by atoms with van der Waals surface area (Å²) in [5, 5.41) is 13.9. The molecule has 1 aliphatic rings. The Labute approximate surface area is 175 Å². The molecule has 4 rings (SSSR count). The Morgan fingerprint density at radius 1 is 1.00 bits per heavy atom. The molecule has 1 aliphatic heterocycles. The number of halogens is 2. The van der Waals surface area contributed by atoms with Gasteiger partial charge in [-0.05, 0) is 53.9 Å². The molecule has 1 N–H and O–H groups in total. The highest BCUT2D eigenvalue weighted by atomic mass is 19.1. The number of aliphatic hydroxyl groups excluding tert-OH is 1. The van der Waals surface area contributed by atoms with E-state index in [-0.39, 0.29) is 24.3 Å². The third-order valence-electron chi connectivity index (χ3n) is 5.64. The van der Waals surface area contributed by atoms with Gasteiger partial charge in [-0.25, -0.2) is 13.5 Å². The van der Waals surface area contributed by atoms with Crippen LogP contribution in [-0.4, -0.2) is 57.0 Å². The van der Waals surface area contributed by atoms with E-state index in [0.29, 0.717) is 13.0 Å². The lowest BCUT2D eigenvalue weighted by Gasteiger charge is -2.41. The van der Waals surface area contributed by atoms with Crippen LogP contribution in [0.5, 0.6) is 0 Å². The van der Waals surface area contributed by atoms with Crippen LogP contribution in [0.2, 0.25) is 0 Å². The average molecular weight is 412 g/mol. The summed E-state index contributed by atoms with van der Waals surface area (Å²) in [5.41, 5.74) is 2.81. The zero-order valence-corrected chi connectivity index (χ0v) is 16.8. The zero-order valence-electron chi connectivity index (χ0n) is 16.8. The van der Waals surface area contributed by atoms with Crippen LogP contribution < -0.4 is 0 Å². The molecule has 1 fully saturated rings. The van der Waals surface area contributed by atoms with Gasteiger partial charge in [0.15, 0.2) is 0 Å². The minimum Gasteiger partial charge on any atom is -0.396 e. The van der Waals surface area contributed by atoms with Gasteiger partial charge < -0.3 is 5.11 Å². The number of rotatable bonds is 7. The number of benzene rings is 2. The first-order valence-corrected chi connectivity index (χ1v) is 10.2. The summed E-state index contributed by atoms with van der Waals surface area (Å²) in [7, 11) is 0. The van der Waals surface area contributed by atoms with Crippen molar-refractivity contribution in [3.05, 3.63) is 83.7 Å². The monoisotopic (exact) mass is 412 g/mol. The van der Waals surface area contributed by atoms with E-state index in [9.17, 15) is 13.9 Å². The van der Waals surface area contributed by atoms with E-state index in [1.54, 1.807) is 35.1 Å². The second kappa shape index (κ2) is 9.47. The maximum absolute atomic E-state index is 14.0. The average Bonchev–Trinajstić information content (AvgIpc) is 3.26. The fourth-order valence-electron chi connectivity index (χ4n) is 4.11. The standard InChI is InChI=1S/C23H26F2N4O/c24-20-4-2-18(3-5-20)15-28-12-11-27(17-22(28)8-13-30)16-19-14-21(25)6-7-23(19)29-10-1-9-26-29/h1-7,9-10,14,22,30H,8,11-13,15-17H2/t22-/m0/s1. The van der Waals surface area contributed by atoms with Gasteiger partial charge in [0, 0.05) is 57.8 Å². The summed E-state index contributed by atoms with van der Waals surface area (Å²) < 4.78 is 28.9. The van der Waals surface area contributed by atoms with Crippen LogP contribution in [-0.2, 0) is 13.1 Å². The van der Waals surface area contributed by atoms with Gasteiger partial charge in [0.25, 0.3) is 0 Å². The molecule has 3 aromatic rings. The normalized spacial score (nSPS) is 18.0. The molecule has 1 atom stereocenters. The quantitative estimate of drug-likeness (QED) is 0.647. The number of piperazine rings is 1. The van der Waals surface area contributed by atoms with E-state index in [1.165, 1.54) is 18.2 Å². The number of aromatic nitrogens is 2. The van der Waals surface area contributed by atoms with Crippen LogP contribution in [0.15, 0.2) is 60.9 Å². The van der Waals surface area contributed by atoms with Crippen LogP contribution in [0.1, 0.15) is 17.5 Å². The van der Waals surface area contributed by atoms with E-state index in [1.807, 2.05) is 12.3 Å². The van der Waals surface area contributed by atoms with Crippen molar-refractivity contribution in [3.63, 3.8) is 0 Å². The topological polar surface area (TPSA) is 44.5 Å². The minimum absolute atomic E-state index is 0.108. The van der Waals surface area contributed by atoms with Crippen molar-refractivity contribution in [2.24, 2.45) is 0 Å². The summed E-state index contributed by atoms with van der Waals surface area (Å²) >= 11 is 0. The Kier molecular flexibility index (Phi) is 6.52. The minimum atomic E-state index is -0.261. The predicted molar refractivity (Wildman–Crippen MR) is 111 cm³/mol. The number of aliphatic hydroxyl groups is 1. The van der Waals surface area contributed by atoms with Gasteiger partial charge >= 0.3 is 0 Å². The van der Waals surface area contributed by atoms with Gasteiger partial charge in [0.1, 0.15) is 11.6 Å². The Balaban J connectivity index is 1.47. The molecule has 7 heteroatoms. The van der Waals surface area contributed by atoms with Crippen molar-refractivity contribution >= 4 is 0 Å². The van der Waals surface area contributed by atoms with Gasteiger partial charge in [-0.3, -0.25) is 9.80 Å². The van der Waals surface area contributed by atoms with Gasteiger partial charge in [-0.2, -0.15) is 5.10 Å². The molecule has 1 saturated heterocycles. The van der Waals surface area contributed by atoms with Crippen molar-refractivity contribution in [2.75, 3.05) is 26.2 Å². The van der Waals surface area contributed by atoms with Gasteiger partial charge in [0.2, 0.25) is 0 Å². The first kappa shape index (κ1) is 20.7. The van der Waals surface area contributed by atoms with E-state index >= 15 is 0 Å². The van der Waals surface area contributed by atoms with Crippen LogP contribution in [0.3, 0.4) is 0 Å². The molecule has 0 bridgehead atoms. The van der Waals surface area contributed by atoms with Crippen molar-refractivity contribution in [1.82, 2.24) is 19.6 Å². The molecule has 2 heterocycles. The van der Waals surface area contributed by atoms with Gasteiger partial charge in [-0.1, -0.05) is 12.1 Å². The highest BCUT2D eigenvalue weighted by Gasteiger charge is 2.27. The second-order valence-electron chi connectivity index (χ2n) is 7.72. The predicted octanol–water partition coefficient (Wildman–Crippen LogP) is 3.22. The number of hydrogen-bond acceptors (Lipinski definition) is 4. The lowest BCUT2D eigenvalue weighted by atomic mass is 10.1. The van der Waals surface area contributed by atoms with Crippen LogP contribution in [0.4, 0.5) is 8.78 Å². The van der Waals surface area contributed by atoms with E-state index < -0.39 is 0 Å². The molecule has 0 spiro atoms. The van der Waals surface area contributed by atoms with E-state index in [4.69, 9.17) is 0 Å². The van der Waals surface area contributed by atoms with Crippen molar-refractivity contribution in [1.29, 1.82) is 0 Å². The summed E-state index contributed by atoms with van der Waals surface area (Å²) in [4.78, 5) is 4.63. The molecule has 5 nitrogen and oxygen atoms in total. The molecular formula is C23H26F2N4O. The third-order valence-corrected chi connectivity index (χ3v) is 5.64. The number of hydrogen-bond donors (Lipinski definition) is 1. The third kappa shape index (κ3) is 4.92. The molecule has 0 amide bonds. The molecule has 2 aromatic carbocycles. The van der Waals surface area contributed by atoms with Gasteiger partial charge in [0.05, 0.1) is 5.69 Å². The Morgan fingerprint density at radius 3 is 2.53 bits per heavy atom. The summed E-state index contributed by atoms with van der Waals surface area (Å²) in [6.07, 6.45) is 4.22. The molecular weight excluding hydrogens is 386 g/mol. The zero-order chi connectivity index (χ0) is 20.9. The first-order chi connectivity index (χ1) is 14.6. The highest BCUT2D eigenvalue weighted by Crippen LogP contribution is 2.22. The first-order valence-electron chi connectivity index (χ1n) is 10.2. The van der Waals surface area contributed by atoms with Crippen molar-refractivity contribution in [2.45, 2.75) is 25.6 Å². The van der Waals surface area contributed by atoms with E-state index in [0.717, 1.165) is 43.0 Å².